The molecule has 0 heterocycles. The molecule has 3 amide bonds. The number of ether oxygens (including phenoxy) is 2. The second-order valence-corrected chi connectivity index (χ2v) is 6.86. The topological polar surface area (TPSA) is 106 Å². The van der Waals surface area contributed by atoms with Gasteiger partial charge in [-0.15, -0.1) is 0 Å². The minimum absolute atomic E-state index is 0.346. The number of nitrogens with one attached hydrogen (secondary N) is 3. The molecule has 148 valence electrons. The van der Waals surface area contributed by atoms with Gasteiger partial charge in [0.1, 0.15) is 5.60 Å². The lowest BCUT2D eigenvalue weighted by Crippen LogP contribution is -2.27. The smallest absolute Gasteiger partial charge is 0.412 e. The first-order chi connectivity index (χ1) is 13.2. The average Bonchev–Trinajstić information content (AvgIpc) is 2.61. The lowest BCUT2D eigenvalue weighted by Gasteiger charge is -2.19. The van der Waals surface area contributed by atoms with Crippen LogP contribution < -0.4 is 16.0 Å². The molecule has 0 aliphatic heterocycles. The Morgan fingerprint density at radius 2 is 1.36 bits per heavy atom. The van der Waals surface area contributed by atoms with Crippen LogP contribution in [0.25, 0.3) is 0 Å². The molecule has 0 bridgehead atoms. The van der Waals surface area contributed by atoms with E-state index in [1.54, 1.807) is 69.3 Å². The molecule has 8 heteroatoms. The lowest BCUT2D eigenvalue weighted by atomic mass is 10.1. The fraction of sp³-hybridized carbons (Fsp3) is 0.250. The molecule has 0 aliphatic rings. The van der Waals surface area contributed by atoms with Gasteiger partial charge >= 0.3 is 12.2 Å². The third-order valence-electron chi connectivity index (χ3n) is 3.34. The second-order valence-electron chi connectivity index (χ2n) is 6.86. The van der Waals surface area contributed by atoms with Crippen LogP contribution in [0.1, 0.15) is 31.1 Å². The Balaban J connectivity index is 2.00. The Labute approximate surface area is 163 Å². The highest BCUT2D eigenvalue weighted by molar-refractivity contribution is 6.05. The van der Waals surface area contributed by atoms with Gasteiger partial charge < -0.3 is 14.8 Å². The van der Waals surface area contributed by atoms with E-state index in [0.717, 1.165) is 0 Å². The molecular formula is C20H23N3O5. The summed E-state index contributed by atoms with van der Waals surface area (Å²) in [5.74, 6) is -0.346. The molecule has 0 aliphatic carbocycles. The van der Waals surface area contributed by atoms with E-state index in [4.69, 9.17) is 4.74 Å². The fourth-order valence-electron chi connectivity index (χ4n) is 2.17. The SMILES string of the molecule is COC(=O)Nc1ccc(NC(=O)c2cccc(NC(=O)OC(C)(C)C)c2)cc1. The van der Waals surface area contributed by atoms with E-state index in [2.05, 4.69) is 20.7 Å². The molecule has 28 heavy (non-hydrogen) atoms. The van der Waals surface area contributed by atoms with Crippen molar-refractivity contribution in [1.29, 1.82) is 0 Å². The molecular weight excluding hydrogens is 362 g/mol. The van der Waals surface area contributed by atoms with Crippen molar-refractivity contribution in [3.63, 3.8) is 0 Å². The molecule has 2 aromatic carbocycles. The maximum atomic E-state index is 12.4. The molecule has 8 nitrogen and oxygen atoms in total. The van der Waals surface area contributed by atoms with Gasteiger partial charge in [0.25, 0.3) is 5.91 Å². The van der Waals surface area contributed by atoms with E-state index in [9.17, 15) is 14.4 Å². The molecule has 3 N–H and O–H groups in total. The molecule has 0 saturated carbocycles. The maximum Gasteiger partial charge on any atom is 0.412 e. The van der Waals surface area contributed by atoms with Crippen molar-refractivity contribution in [2.24, 2.45) is 0 Å². The van der Waals surface area contributed by atoms with Crippen molar-refractivity contribution in [2.75, 3.05) is 23.1 Å². The van der Waals surface area contributed by atoms with Gasteiger partial charge in [-0.3, -0.25) is 15.4 Å². The number of methoxy groups -OCH3 is 1. The van der Waals surface area contributed by atoms with Crippen molar-refractivity contribution < 1.29 is 23.9 Å². The summed E-state index contributed by atoms with van der Waals surface area (Å²) < 4.78 is 9.71. The van der Waals surface area contributed by atoms with Gasteiger partial charge in [0.15, 0.2) is 0 Å². The molecule has 0 fully saturated rings. The first-order valence-corrected chi connectivity index (χ1v) is 8.53. The number of hydrogen-bond acceptors (Lipinski definition) is 5. The zero-order chi connectivity index (χ0) is 20.7. The minimum atomic E-state index is -0.617. The van der Waals surface area contributed by atoms with Crippen LogP contribution in [0.5, 0.6) is 0 Å². The summed E-state index contributed by atoms with van der Waals surface area (Å²) in [5.41, 5.74) is 1.28. The maximum absolute atomic E-state index is 12.4. The number of carbonyl (C=O) groups excluding carboxylic acids is 3. The quantitative estimate of drug-likeness (QED) is 0.720. The third-order valence-corrected chi connectivity index (χ3v) is 3.34. The Bertz CT molecular complexity index is 857. The predicted molar refractivity (Wildman–Crippen MR) is 107 cm³/mol. The molecule has 0 spiro atoms. The molecule has 0 radical (unpaired) electrons. The van der Waals surface area contributed by atoms with E-state index in [1.165, 1.54) is 7.11 Å². The van der Waals surface area contributed by atoms with Crippen LogP contribution in [0.4, 0.5) is 26.7 Å². The van der Waals surface area contributed by atoms with Gasteiger partial charge in [0.05, 0.1) is 7.11 Å². The zero-order valence-corrected chi connectivity index (χ0v) is 16.2. The number of amides is 3. The molecule has 2 aromatic rings. The highest BCUT2D eigenvalue weighted by Gasteiger charge is 2.16. The average molecular weight is 385 g/mol. The van der Waals surface area contributed by atoms with Crippen molar-refractivity contribution in [3.05, 3.63) is 54.1 Å². The number of benzene rings is 2. The van der Waals surface area contributed by atoms with Crippen LogP contribution in [0.15, 0.2) is 48.5 Å². The molecule has 0 unspecified atom stereocenters. The Kier molecular flexibility index (Phi) is 6.59. The highest BCUT2D eigenvalue weighted by atomic mass is 16.6. The zero-order valence-electron chi connectivity index (χ0n) is 16.2. The first-order valence-electron chi connectivity index (χ1n) is 8.53. The monoisotopic (exact) mass is 385 g/mol. The highest BCUT2D eigenvalue weighted by Crippen LogP contribution is 2.17. The van der Waals surface area contributed by atoms with Gasteiger partial charge in [-0.25, -0.2) is 9.59 Å². The van der Waals surface area contributed by atoms with E-state index in [-0.39, 0.29) is 5.91 Å². The number of rotatable bonds is 4. The van der Waals surface area contributed by atoms with Crippen molar-refractivity contribution in [3.8, 4) is 0 Å². The van der Waals surface area contributed by atoms with Gasteiger partial charge in [-0.1, -0.05) is 6.07 Å². The van der Waals surface area contributed by atoms with Crippen LogP contribution in [-0.2, 0) is 9.47 Å². The lowest BCUT2D eigenvalue weighted by molar-refractivity contribution is 0.0635. The van der Waals surface area contributed by atoms with E-state index >= 15 is 0 Å². The van der Waals surface area contributed by atoms with Crippen molar-refractivity contribution in [1.82, 2.24) is 0 Å². The minimum Gasteiger partial charge on any atom is -0.453 e. The van der Waals surface area contributed by atoms with Gasteiger partial charge in [-0.2, -0.15) is 0 Å². The Hall–Kier alpha value is -3.55. The fourth-order valence-corrected chi connectivity index (χ4v) is 2.17. The van der Waals surface area contributed by atoms with E-state index in [1.807, 2.05) is 0 Å². The summed E-state index contributed by atoms with van der Waals surface area (Å²) in [6.45, 7) is 5.30. The van der Waals surface area contributed by atoms with Crippen LogP contribution in [0.2, 0.25) is 0 Å². The summed E-state index contributed by atoms with van der Waals surface area (Å²) in [7, 11) is 1.27. The Morgan fingerprint density at radius 3 is 1.93 bits per heavy atom. The van der Waals surface area contributed by atoms with Crippen LogP contribution in [0, 0.1) is 0 Å². The summed E-state index contributed by atoms with van der Waals surface area (Å²) >= 11 is 0. The normalized spacial score (nSPS) is 10.6. The molecule has 2 rings (SSSR count). The number of hydrogen-bond donors (Lipinski definition) is 3. The standard InChI is InChI=1S/C20H23N3O5/c1-20(2,3)28-19(26)23-16-7-5-6-13(12-16)17(24)21-14-8-10-15(11-9-14)22-18(25)27-4/h5-12H,1-4H3,(H,21,24)(H,22,25)(H,23,26). The van der Waals surface area contributed by atoms with Crippen LogP contribution in [-0.4, -0.2) is 30.8 Å². The van der Waals surface area contributed by atoms with Crippen LogP contribution in [0.3, 0.4) is 0 Å². The second kappa shape index (κ2) is 8.90. The number of carbonyl (C=O) groups is 3. The first kappa shape index (κ1) is 20.8. The van der Waals surface area contributed by atoms with Crippen LogP contribution >= 0.6 is 0 Å². The van der Waals surface area contributed by atoms with Crippen molar-refractivity contribution >= 4 is 35.2 Å². The molecule has 0 atom stereocenters. The van der Waals surface area contributed by atoms with Gasteiger partial charge in [0.2, 0.25) is 0 Å². The predicted octanol–water partition coefficient (Wildman–Crippen LogP) is 4.46. The third kappa shape index (κ3) is 6.64. The van der Waals surface area contributed by atoms with Gasteiger partial charge in [0, 0.05) is 22.6 Å². The molecule has 0 saturated heterocycles. The van der Waals surface area contributed by atoms with Crippen molar-refractivity contribution in [2.45, 2.75) is 26.4 Å². The van der Waals surface area contributed by atoms with E-state index < -0.39 is 17.8 Å². The van der Waals surface area contributed by atoms with Gasteiger partial charge in [-0.05, 0) is 63.2 Å². The summed E-state index contributed by atoms with van der Waals surface area (Å²) in [5, 5.41) is 7.86. The van der Waals surface area contributed by atoms with E-state index in [0.29, 0.717) is 22.6 Å². The Morgan fingerprint density at radius 1 is 0.786 bits per heavy atom. The summed E-state index contributed by atoms with van der Waals surface area (Å²) in [6, 6.07) is 13.0. The summed E-state index contributed by atoms with van der Waals surface area (Å²) in [6.07, 6.45) is -1.18. The number of anilines is 3. The molecule has 0 aromatic heterocycles. The largest absolute Gasteiger partial charge is 0.453 e. The summed E-state index contributed by atoms with van der Waals surface area (Å²) in [4.78, 5) is 35.5.